The Hall–Kier alpha value is -2.56. The molecule has 0 saturated carbocycles. The number of methoxy groups -OCH3 is 1. The smallest absolute Gasteiger partial charge is 0.254 e. The molecular formula is C21H27N3O2. The van der Waals surface area contributed by atoms with Crippen molar-refractivity contribution in [1.82, 2.24) is 9.88 Å². The fraction of sp³-hybridized carbons (Fsp3) is 0.429. The summed E-state index contributed by atoms with van der Waals surface area (Å²) in [6.45, 7) is 1.57. The molecule has 138 valence electrons. The fourth-order valence-corrected chi connectivity index (χ4v) is 3.45. The van der Waals surface area contributed by atoms with E-state index >= 15 is 0 Å². The van der Waals surface area contributed by atoms with Crippen molar-refractivity contribution in [3.05, 3.63) is 53.7 Å². The molecular weight excluding hydrogens is 326 g/mol. The number of likely N-dealkylation sites (tertiary alicyclic amines) is 1. The highest BCUT2D eigenvalue weighted by molar-refractivity contribution is 5.95. The Bertz CT molecular complexity index is 743. The first kappa shape index (κ1) is 18.2. The molecule has 1 aliphatic rings. The van der Waals surface area contributed by atoms with Crippen LogP contribution in [0.15, 0.2) is 42.6 Å². The zero-order valence-corrected chi connectivity index (χ0v) is 15.8. The number of carbonyl (C=O) groups is 1. The molecule has 3 rings (SSSR count). The van der Waals surface area contributed by atoms with Crippen LogP contribution in [-0.2, 0) is 0 Å². The largest absolute Gasteiger partial charge is 0.497 e. The Morgan fingerprint density at radius 1 is 1.19 bits per heavy atom. The molecule has 5 heteroatoms. The molecule has 0 spiro atoms. The van der Waals surface area contributed by atoms with E-state index in [0.29, 0.717) is 11.5 Å². The van der Waals surface area contributed by atoms with Gasteiger partial charge in [0.1, 0.15) is 11.6 Å². The molecule has 1 saturated heterocycles. The number of hydrogen-bond acceptors (Lipinski definition) is 4. The molecule has 26 heavy (non-hydrogen) atoms. The van der Waals surface area contributed by atoms with Crippen molar-refractivity contribution < 1.29 is 9.53 Å². The molecule has 0 N–H and O–H groups in total. The molecule has 2 aromatic rings. The normalized spacial score (nSPS) is 17.5. The van der Waals surface area contributed by atoms with Crippen LogP contribution in [0.2, 0.25) is 0 Å². The van der Waals surface area contributed by atoms with Gasteiger partial charge in [0.2, 0.25) is 0 Å². The second-order valence-electron chi connectivity index (χ2n) is 7.01. The lowest BCUT2D eigenvalue weighted by Gasteiger charge is -2.25. The van der Waals surface area contributed by atoms with Gasteiger partial charge in [0, 0.05) is 44.9 Å². The lowest BCUT2D eigenvalue weighted by molar-refractivity contribution is 0.0754. The van der Waals surface area contributed by atoms with Gasteiger partial charge < -0.3 is 14.5 Å². The predicted molar refractivity (Wildman–Crippen MR) is 104 cm³/mol. The van der Waals surface area contributed by atoms with Gasteiger partial charge in [-0.3, -0.25) is 4.79 Å². The van der Waals surface area contributed by atoms with Crippen LogP contribution >= 0.6 is 0 Å². The zero-order chi connectivity index (χ0) is 18.5. The topological polar surface area (TPSA) is 45.7 Å². The summed E-state index contributed by atoms with van der Waals surface area (Å²) in [5.74, 6) is 2.12. The summed E-state index contributed by atoms with van der Waals surface area (Å²) in [6, 6.07) is 11.9. The SMILES string of the molecule is COc1ccc(C2CCCCN(C(=O)c3ccnc(N(C)C)c3)C2)cc1. The third-order valence-corrected chi connectivity index (χ3v) is 5.00. The summed E-state index contributed by atoms with van der Waals surface area (Å²) < 4.78 is 5.25. The molecule has 1 aromatic heterocycles. The van der Waals surface area contributed by atoms with Crippen LogP contribution in [0.3, 0.4) is 0 Å². The van der Waals surface area contributed by atoms with E-state index in [4.69, 9.17) is 4.74 Å². The lowest BCUT2D eigenvalue weighted by atomic mass is 9.94. The maximum Gasteiger partial charge on any atom is 0.254 e. The zero-order valence-electron chi connectivity index (χ0n) is 15.8. The number of aromatic nitrogens is 1. The minimum absolute atomic E-state index is 0.0934. The highest BCUT2D eigenvalue weighted by Crippen LogP contribution is 2.28. The Morgan fingerprint density at radius 3 is 2.65 bits per heavy atom. The number of rotatable bonds is 4. The van der Waals surface area contributed by atoms with Gasteiger partial charge in [0.15, 0.2) is 0 Å². The van der Waals surface area contributed by atoms with Crippen LogP contribution in [0.1, 0.15) is 41.1 Å². The van der Waals surface area contributed by atoms with Crippen molar-refractivity contribution in [3.63, 3.8) is 0 Å². The number of pyridine rings is 1. The summed E-state index contributed by atoms with van der Waals surface area (Å²) in [5, 5.41) is 0. The molecule has 1 aromatic carbocycles. The molecule has 1 fully saturated rings. The van der Waals surface area contributed by atoms with Crippen LogP contribution in [0.5, 0.6) is 5.75 Å². The quantitative estimate of drug-likeness (QED) is 0.843. The number of amides is 1. The van der Waals surface area contributed by atoms with Crippen LogP contribution in [0.25, 0.3) is 0 Å². The summed E-state index contributed by atoms with van der Waals surface area (Å²) in [6.07, 6.45) is 5.00. The van der Waals surface area contributed by atoms with E-state index in [1.165, 1.54) is 5.56 Å². The first-order valence-electron chi connectivity index (χ1n) is 9.15. The minimum Gasteiger partial charge on any atom is -0.497 e. The van der Waals surface area contributed by atoms with Gasteiger partial charge in [-0.25, -0.2) is 4.98 Å². The monoisotopic (exact) mass is 353 g/mol. The molecule has 0 aliphatic carbocycles. The molecule has 0 bridgehead atoms. The van der Waals surface area contributed by atoms with E-state index < -0.39 is 0 Å². The van der Waals surface area contributed by atoms with Crippen molar-refractivity contribution in [3.8, 4) is 5.75 Å². The van der Waals surface area contributed by atoms with E-state index in [0.717, 1.165) is 43.9 Å². The van der Waals surface area contributed by atoms with Crippen LogP contribution in [0, 0.1) is 0 Å². The third-order valence-electron chi connectivity index (χ3n) is 5.00. The predicted octanol–water partition coefficient (Wildman–Crippen LogP) is 3.57. The molecule has 2 heterocycles. The first-order chi connectivity index (χ1) is 12.6. The van der Waals surface area contributed by atoms with Crippen molar-refractivity contribution in [2.24, 2.45) is 0 Å². The third kappa shape index (κ3) is 4.15. The Morgan fingerprint density at radius 2 is 1.96 bits per heavy atom. The Labute approximate surface area is 155 Å². The van der Waals surface area contributed by atoms with Crippen molar-refractivity contribution in [2.75, 3.05) is 39.2 Å². The van der Waals surface area contributed by atoms with Crippen LogP contribution < -0.4 is 9.64 Å². The average Bonchev–Trinajstić information content (AvgIpc) is 2.94. The molecule has 1 atom stereocenters. The van der Waals surface area contributed by atoms with Gasteiger partial charge in [-0.2, -0.15) is 0 Å². The van der Waals surface area contributed by atoms with E-state index in [2.05, 4.69) is 17.1 Å². The average molecular weight is 353 g/mol. The Kier molecular flexibility index (Phi) is 5.76. The number of benzene rings is 1. The standard InChI is InChI=1S/C21H27N3O2/c1-23(2)20-14-17(11-12-22-20)21(25)24-13-5-4-6-18(15-24)16-7-9-19(26-3)10-8-16/h7-12,14,18H,4-6,13,15H2,1-3H3. The molecule has 1 amide bonds. The van der Waals surface area contributed by atoms with Gasteiger partial charge in [-0.15, -0.1) is 0 Å². The summed E-state index contributed by atoms with van der Waals surface area (Å²) in [4.78, 5) is 21.3. The molecule has 1 unspecified atom stereocenters. The number of hydrogen-bond donors (Lipinski definition) is 0. The highest BCUT2D eigenvalue weighted by Gasteiger charge is 2.24. The number of ether oxygens (including phenoxy) is 1. The van der Waals surface area contributed by atoms with Crippen LogP contribution in [0.4, 0.5) is 5.82 Å². The second kappa shape index (κ2) is 8.21. The summed E-state index contributed by atoms with van der Waals surface area (Å²) >= 11 is 0. The first-order valence-corrected chi connectivity index (χ1v) is 9.15. The van der Waals surface area contributed by atoms with Crippen LogP contribution in [-0.4, -0.2) is 50.1 Å². The highest BCUT2D eigenvalue weighted by atomic mass is 16.5. The van der Waals surface area contributed by atoms with Gasteiger partial charge in [-0.05, 0) is 42.7 Å². The second-order valence-corrected chi connectivity index (χ2v) is 7.01. The van der Waals surface area contributed by atoms with Crippen molar-refractivity contribution in [2.45, 2.75) is 25.2 Å². The lowest BCUT2D eigenvalue weighted by Crippen LogP contribution is -2.34. The van der Waals surface area contributed by atoms with Gasteiger partial charge in [0.05, 0.1) is 7.11 Å². The van der Waals surface area contributed by atoms with Gasteiger partial charge in [-0.1, -0.05) is 18.6 Å². The van der Waals surface area contributed by atoms with E-state index in [9.17, 15) is 4.79 Å². The molecule has 5 nitrogen and oxygen atoms in total. The molecule has 1 aliphatic heterocycles. The molecule has 0 radical (unpaired) electrons. The maximum absolute atomic E-state index is 13.1. The van der Waals surface area contributed by atoms with E-state index in [-0.39, 0.29) is 5.91 Å². The summed E-state index contributed by atoms with van der Waals surface area (Å²) in [7, 11) is 5.54. The minimum atomic E-state index is 0.0934. The van der Waals surface area contributed by atoms with E-state index in [1.807, 2.05) is 48.2 Å². The van der Waals surface area contributed by atoms with Gasteiger partial charge in [0.25, 0.3) is 5.91 Å². The number of anilines is 1. The maximum atomic E-state index is 13.1. The van der Waals surface area contributed by atoms with E-state index in [1.54, 1.807) is 13.3 Å². The number of nitrogens with zero attached hydrogens (tertiary/aromatic N) is 3. The van der Waals surface area contributed by atoms with Gasteiger partial charge >= 0.3 is 0 Å². The summed E-state index contributed by atoms with van der Waals surface area (Å²) in [5.41, 5.74) is 1.98. The van der Waals surface area contributed by atoms with Crippen molar-refractivity contribution in [1.29, 1.82) is 0 Å². The fourth-order valence-electron chi connectivity index (χ4n) is 3.45. The van der Waals surface area contributed by atoms with Crippen molar-refractivity contribution >= 4 is 11.7 Å². The Balaban J connectivity index is 1.78. The number of carbonyl (C=O) groups excluding carboxylic acids is 1.